The smallest absolute Gasteiger partial charge is 0.193 e. The third kappa shape index (κ3) is 4.47. The lowest BCUT2D eigenvalue weighted by molar-refractivity contribution is 0.214. The molecule has 4 nitrogen and oxygen atoms in total. The molecule has 1 aliphatic heterocycles. The van der Waals surface area contributed by atoms with Crippen molar-refractivity contribution in [1.29, 1.82) is 0 Å². The molecular formula is C19H30N4. The standard InChI is InChI=1S/C19H30N4/c1-23-13-10-15(11-14-23)9-12-21-19(20)22-18-8-4-6-16-5-2-3-7-17(16)18/h4,6,8,15H,2-3,5,7,9-14H2,1H3,(H3,20,21,22). The van der Waals surface area contributed by atoms with Gasteiger partial charge >= 0.3 is 0 Å². The summed E-state index contributed by atoms with van der Waals surface area (Å²) in [6.07, 6.45) is 8.68. The van der Waals surface area contributed by atoms with Gasteiger partial charge in [-0.05, 0) is 88.2 Å². The molecule has 126 valence electrons. The quantitative estimate of drug-likeness (QED) is 0.663. The highest BCUT2D eigenvalue weighted by Gasteiger charge is 2.16. The first-order chi connectivity index (χ1) is 11.2. The Morgan fingerprint density at radius 3 is 2.87 bits per heavy atom. The van der Waals surface area contributed by atoms with E-state index in [1.807, 2.05) is 0 Å². The summed E-state index contributed by atoms with van der Waals surface area (Å²) >= 11 is 0. The lowest BCUT2D eigenvalue weighted by atomic mass is 9.90. The molecular weight excluding hydrogens is 284 g/mol. The van der Waals surface area contributed by atoms with E-state index in [9.17, 15) is 0 Å². The Hall–Kier alpha value is -1.55. The maximum Gasteiger partial charge on any atom is 0.193 e. The van der Waals surface area contributed by atoms with E-state index in [4.69, 9.17) is 5.73 Å². The predicted octanol–water partition coefficient (Wildman–Crippen LogP) is 3.02. The molecule has 0 bridgehead atoms. The second-order valence-corrected chi connectivity index (χ2v) is 7.08. The molecule has 1 saturated heterocycles. The number of aryl methyl sites for hydroxylation is 1. The number of nitrogens with zero attached hydrogens (tertiary/aromatic N) is 2. The van der Waals surface area contributed by atoms with Gasteiger partial charge in [0.25, 0.3) is 0 Å². The second kappa shape index (κ2) is 7.82. The summed E-state index contributed by atoms with van der Waals surface area (Å²) in [6.45, 7) is 3.28. The summed E-state index contributed by atoms with van der Waals surface area (Å²) in [5.74, 6) is 1.38. The van der Waals surface area contributed by atoms with Crippen LogP contribution in [-0.2, 0) is 12.8 Å². The fraction of sp³-hybridized carbons (Fsp3) is 0.632. The number of fused-ring (bicyclic) bond motifs is 1. The highest BCUT2D eigenvalue weighted by atomic mass is 15.1. The maximum absolute atomic E-state index is 6.11. The van der Waals surface area contributed by atoms with Crippen molar-refractivity contribution in [3.05, 3.63) is 29.3 Å². The number of hydrogen-bond donors (Lipinski definition) is 2. The Bertz CT molecular complexity index is 544. The van der Waals surface area contributed by atoms with Crippen LogP contribution in [0.2, 0.25) is 0 Å². The highest BCUT2D eigenvalue weighted by Crippen LogP contribution is 2.27. The van der Waals surface area contributed by atoms with Crippen LogP contribution in [0.4, 0.5) is 5.69 Å². The largest absolute Gasteiger partial charge is 0.370 e. The predicted molar refractivity (Wildman–Crippen MR) is 98.0 cm³/mol. The summed E-state index contributed by atoms with van der Waals surface area (Å²) in [4.78, 5) is 6.96. The molecule has 0 aromatic heterocycles. The summed E-state index contributed by atoms with van der Waals surface area (Å²) in [7, 11) is 2.21. The van der Waals surface area contributed by atoms with Crippen LogP contribution in [0.3, 0.4) is 0 Å². The molecule has 1 aromatic rings. The van der Waals surface area contributed by atoms with Crippen LogP contribution in [0.15, 0.2) is 23.2 Å². The Labute approximate surface area is 140 Å². The second-order valence-electron chi connectivity index (χ2n) is 7.08. The van der Waals surface area contributed by atoms with Gasteiger partial charge < -0.3 is 16.0 Å². The number of benzene rings is 1. The zero-order chi connectivity index (χ0) is 16.1. The number of piperidine rings is 1. The van der Waals surface area contributed by atoms with Crippen LogP contribution in [0.25, 0.3) is 0 Å². The van der Waals surface area contributed by atoms with E-state index in [2.05, 4.69) is 40.5 Å². The highest BCUT2D eigenvalue weighted by molar-refractivity contribution is 5.93. The topological polar surface area (TPSA) is 53.6 Å². The Morgan fingerprint density at radius 2 is 2.04 bits per heavy atom. The minimum Gasteiger partial charge on any atom is -0.370 e. The Kier molecular flexibility index (Phi) is 5.55. The molecule has 0 unspecified atom stereocenters. The average Bonchev–Trinajstić information content (AvgIpc) is 2.57. The van der Waals surface area contributed by atoms with Gasteiger partial charge in [0.05, 0.1) is 0 Å². The van der Waals surface area contributed by atoms with Crippen molar-refractivity contribution in [2.75, 3.05) is 32.0 Å². The monoisotopic (exact) mass is 314 g/mol. The molecule has 3 N–H and O–H groups in total. The summed E-state index contributed by atoms with van der Waals surface area (Å²) in [5.41, 5.74) is 10.2. The number of hydrogen-bond acceptors (Lipinski definition) is 2. The number of anilines is 1. The average molecular weight is 314 g/mol. The van der Waals surface area contributed by atoms with Gasteiger partial charge in [0, 0.05) is 12.2 Å². The maximum atomic E-state index is 6.11. The lowest BCUT2D eigenvalue weighted by Crippen LogP contribution is -2.30. The van der Waals surface area contributed by atoms with Crippen molar-refractivity contribution in [3.63, 3.8) is 0 Å². The molecule has 0 amide bonds. The normalized spacial score (nSPS) is 20.3. The van der Waals surface area contributed by atoms with Crippen molar-refractivity contribution in [2.45, 2.75) is 44.9 Å². The molecule has 1 fully saturated rings. The molecule has 4 heteroatoms. The van der Waals surface area contributed by atoms with E-state index in [1.165, 1.54) is 56.3 Å². The molecule has 1 aliphatic carbocycles. The number of rotatable bonds is 4. The molecule has 0 spiro atoms. The summed E-state index contributed by atoms with van der Waals surface area (Å²) < 4.78 is 0. The molecule has 0 radical (unpaired) electrons. The fourth-order valence-corrected chi connectivity index (χ4v) is 3.79. The van der Waals surface area contributed by atoms with E-state index < -0.39 is 0 Å². The third-order valence-electron chi connectivity index (χ3n) is 5.32. The SMILES string of the molecule is CN1CCC(CCN=C(N)Nc2cccc3c2CCCC3)CC1. The van der Waals surface area contributed by atoms with Crippen LogP contribution >= 0.6 is 0 Å². The van der Waals surface area contributed by atoms with Crippen LogP contribution in [0.5, 0.6) is 0 Å². The molecule has 0 saturated carbocycles. The van der Waals surface area contributed by atoms with Crippen molar-refractivity contribution in [3.8, 4) is 0 Å². The van der Waals surface area contributed by atoms with Crippen molar-refractivity contribution < 1.29 is 0 Å². The minimum absolute atomic E-state index is 0.567. The minimum atomic E-state index is 0.567. The van der Waals surface area contributed by atoms with Crippen molar-refractivity contribution in [1.82, 2.24) is 4.90 Å². The Morgan fingerprint density at radius 1 is 1.26 bits per heavy atom. The van der Waals surface area contributed by atoms with Crippen LogP contribution in [-0.4, -0.2) is 37.5 Å². The van der Waals surface area contributed by atoms with Gasteiger partial charge in [-0.15, -0.1) is 0 Å². The number of guanidine groups is 1. The van der Waals surface area contributed by atoms with Crippen molar-refractivity contribution >= 4 is 11.6 Å². The van der Waals surface area contributed by atoms with E-state index in [-0.39, 0.29) is 0 Å². The summed E-state index contributed by atoms with van der Waals surface area (Å²) in [5, 5.41) is 3.33. The molecule has 1 aromatic carbocycles. The molecule has 3 rings (SSSR count). The van der Waals surface area contributed by atoms with Gasteiger partial charge in [0.1, 0.15) is 0 Å². The number of nitrogens with one attached hydrogen (secondary N) is 1. The Balaban J connectivity index is 1.52. The zero-order valence-corrected chi connectivity index (χ0v) is 14.4. The first kappa shape index (κ1) is 16.3. The lowest BCUT2D eigenvalue weighted by Gasteiger charge is -2.28. The number of likely N-dealkylation sites (tertiary alicyclic amines) is 1. The van der Waals surface area contributed by atoms with E-state index in [0.29, 0.717) is 5.96 Å². The molecule has 1 heterocycles. The number of aliphatic imine (C=N–C) groups is 1. The van der Waals surface area contributed by atoms with E-state index in [1.54, 1.807) is 0 Å². The van der Waals surface area contributed by atoms with Crippen molar-refractivity contribution in [2.24, 2.45) is 16.6 Å². The number of nitrogens with two attached hydrogens (primary N) is 1. The molecule has 23 heavy (non-hydrogen) atoms. The third-order valence-corrected chi connectivity index (χ3v) is 5.32. The van der Waals surface area contributed by atoms with Crippen LogP contribution < -0.4 is 11.1 Å². The van der Waals surface area contributed by atoms with Gasteiger partial charge in [0.15, 0.2) is 5.96 Å². The summed E-state index contributed by atoms with van der Waals surface area (Å²) in [6, 6.07) is 6.49. The first-order valence-electron chi connectivity index (χ1n) is 9.08. The van der Waals surface area contributed by atoms with Gasteiger partial charge in [-0.1, -0.05) is 12.1 Å². The van der Waals surface area contributed by atoms with E-state index in [0.717, 1.165) is 31.0 Å². The zero-order valence-electron chi connectivity index (χ0n) is 14.4. The molecule has 2 aliphatic rings. The molecule has 0 atom stereocenters. The van der Waals surface area contributed by atoms with Gasteiger partial charge in [-0.2, -0.15) is 0 Å². The van der Waals surface area contributed by atoms with Gasteiger partial charge in [0.2, 0.25) is 0 Å². The fourth-order valence-electron chi connectivity index (χ4n) is 3.79. The van der Waals surface area contributed by atoms with Crippen LogP contribution in [0, 0.1) is 5.92 Å². The first-order valence-corrected chi connectivity index (χ1v) is 9.08. The van der Waals surface area contributed by atoms with Gasteiger partial charge in [-0.25, -0.2) is 0 Å². The van der Waals surface area contributed by atoms with E-state index >= 15 is 0 Å². The van der Waals surface area contributed by atoms with Gasteiger partial charge in [-0.3, -0.25) is 4.99 Å². The van der Waals surface area contributed by atoms with Crippen LogP contribution in [0.1, 0.15) is 43.2 Å².